The summed E-state index contributed by atoms with van der Waals surface area (Å²) >= 11 is 1.60. The van der Waals surface area contributed by atoms with E-state index in [1.54, 1.807) is 23.9 Å². The van der Waals surface area contributed by atoms with E-state index in [4.69, 9.17) is 5.14 Å². The van der Waals surface area contributed by atoms with Crippen LogP contribution >= 0.6 is 11.8 Å². The minimum Gasteiger partial charge on any atom is -0.270 e. The molecule has 0 amide bonds. The molecule has 1 aromatic heterocycles. The Morgan fingerprint density at radius 2 is 1.68 bits per heavy atom. The molecule has 130 valence electrons. The summed E-state index contributed by atoms with van der Waals surface area (Å²) in [5.41, 5.74) is 2.89. The predicted molar refractivity (Wildman–Crippen MR) is 99.3 cm³/mol. The Morgan fingerprint density at radius 1 is 1.04 bits per heavy atom. The summed E-state index contributed by atoms with van der Waals surface area (Å²) in [6.45, 7) is 4.09. The van der Waals surface area contributed by atoms with E-state index in [1.807, 2.05) is 35.8 Å². The fourth-order valence-electron chi connectivity index (χ4n) is 2.40. The molecule has 0 saturated heterocycles. The summed E-state index contributed by atoms with van der Waals surface area (Å²) in [5.74, 6) is 1.52. The maximum Gasteiger partial charge on any atom is 0.238 e. The van der Waals surface area contributed by atoms with Gasteiger partial charge in [-0.25, -0.2) is 13.6 Å². The second kappa shape index (κ2) is 6.99. The van der Waals surface area contributed by atoms with Gasteiger partial charge in [-0.2, -0.15) is 0 Å². The highest BCUT2D eigenvalue weighted by Crippen LogP contribution is 2.28. The van der Waals surface area contributed by atoms with Crippen molar-refractivity contribution >= 4 is 21.8 Å². The highest BCUT2D eigenvalue weighted by atomic mass is 32.2. The standard InChI is InChI=1S/C17H18N4O2S2/c1-3-24-17-20-19-16(21(17)14-8-4-12(2)5-9-14)13-6-10-15(11-7-13)25(18,22)23/h4-11H,3H2,1-2H3,(H2,18,22,23). The first-order valence-electron chi connectivity index (χ1n) is 7.68. The van der Waals surface area contributed by atoms with Gasteiger partial charge in [0.1, 0.15) is 0 Å². The molecule has 0 radical (unpaired) electrons. The van der Waals surface area contributed by atoms with Gasteiger partial charge in [0.15, 0.2) is 11.0 Å². The van der Waals surface area contributed by atoms with Gasteiger partial charge in [0, 0.05) is 11.3 Å². The molecule has 0 saturated carbocycles. The normalized spacial score (nSPS) is 11.6. The van der Waals surface area contributed by atoms with E-state index in [1.165, 1.54) is 17.7 Å². The molecular formula is C17H18N4O2S2. The second-order valence-electron chi connectivity index (χ2n) is 5.48. The van der Waals surface area contributed by atoms with Crippen molar-refractivity contribution in [1.82, 2.24) is 14.8 Å². The molecule has 0 aliphatic carbocycles. The number of aromatic nitrogens is 3. The van der Waals surface area contributed by atoms with Crippen LogP contribution in [0.3, 0.4) is 0 Å². The number of nitrogens with zero attached hydrogens (tertiary/aromatic N) is 3. The smallest absolute Gasteiger partial charge is 0.238 e. The van der Waals surface area contributed by atoms with E-state index in [2.05, 4.69) is 17.1 Å². The van der Waals surface area contributed by atoms with Gasteiger partial charge in [0.2, 0.25) is 10.0 Å². The van der Waals surface area contributed by atoms with Crippen LogP contribution in [0.15, 0.2) is 58.6 Å². The van der Waals surface area contributed by atoms with Crippen LogP contribution in [0.5, 0.6) is 0 Å². The van der Waals surface area contributed by atoms with E-state index in [0.717, 1.165) is 22.2 Å². The molecule has 0 aliphatic heterocycles. The monoisotopic (exact) mass is 374 g/mol. The molecule has 1 heterocycles. The second-order valence-corrected chi connectivity index (χ2v) is 8.27. The summed E-state index contributed by atoms with van der Waals surface area (Å²) in [7, 11) is -3.72. The van der Waals surface area contributed by atoms with E-state index in [-0.39, 0.29) is 4.90 Å². The van der Waals surface area contributed by atoms with Gasteiger partial charge >= 0.3 is 0 Å². The molecule has 8 heteroatoms. The number of hydrogen-bond donors (Lipinski definition) is 1. The number of sulfonamides is 1. The molecule has 0 unspecified atom stereocenters. The summed E-state index contributed by atoms with van der Waals surface area (Å²) < 4.78 is 24.8. The number of thioether (sulfide) groups is 1. The van der Waals surface area contributed by atoms with Crippen LogP contribution in [0, 0.1) is 6.92 Å². The first kappa shape index (κ1) is 17.7. The number of hydrogen-bond acceptors (Lipinski definition) is 5. The quantitative estimate of drug-likeness (QED) is 0.693. The zero-order valence-electron chi connectivity index (χ0n) is 13.9. The number of primary sulfonamides is 1. The largest absolute Gasteiger partial charge is 0.270 e. The molecule has 2 N–H and O–H groups in total. The highest BCUT2D eigenvalue weighted by molar-refractivity contribution is 7.99. The van der Waals surface area contributed by atoms with E-state index in [9.17, 15) is 8.42 Å². The summed E-state index contributed by atoms with van der Waals surface area (Å²) in [6, 6.07) is 14.4. The first-order chi connectivity index (χ1) is 11.9. The van der Waals surface area contributed by atoms with Crippen molar-refractivity contribution < 1.29 is 8.42 Å². The fourth-order valence-corrected chi connectivity index (χ4v) is 3.59. The van der Waals surface area contributed by atoms with Gasteiger partial charge in [0.25, 0.3) is 0 Å². The Morgan fingerprint density at radius 3 is 2.24 bits per heavy atom. The van der Waals surface area contributed by atoms with Crippen LogP contribution in [0.1, 0.15) is 12.5 Å². The van der Waals surface area contributed by atoms with E-state index < -0.39 is 10.0 Å². The number of benzene rings is 2. The van der Waals surface area contributed by atoms with Gasteiger partial charge in [-0.1, -0.05) is 36.4 Å². The number of aryl methyl sites for hydroxylation is 1. The Balaban J connectivity index is 2.12. The van der Waals surface area contributed by atoms with Crippen molar-refractivity contribution in [2.75, 3.05) is 5.75 Å². The Hall–Kier alpha value is -2.16. The molecule has 0 atom stereocenters. The summed E-state index contributed by atoms with van der Waals surface area (Å²) in [6.07, 6.45) is 0. The minimum absolute atomic E-state index is 0.0702. The molecule has 0 spiro atoms. The highest BCUT2D eigenvalue weighted by Gasteiger charge is 2.16. The minimum atomic E-state index is -3.72. The molecule has 3 aromatic rings. The number of rotatable bonds is 5. The van der Waals surface area contributed by atoms with Crippen molar-refractivity contribution in [1.29, 1.82) is 0 Å². The van der Waals surface area contributed by atoms with Gasteiger partial charge in [-0.3, -0.25) is 4.57 Å². The molecule has 2 aromatic carbocycles. The maximum atomic E-state index is 11.4. The molecule has 0 bridgehead atoms. The van der Waals surface area contributed by atoms with Crippen molar-refractivity contribution in [3.05, 3.63) is 54.1 Å². The lowest BCUT2D eigenvalue weighted by Gasteiger charge is -2.10. The molecule has 0 aliphatic rings. The van der Waals surface area contributed by atoms with Crippen molar-refractivity contribution in [2.24, 2.45) is 5.14 Å². The zero-order chi connectivity index (χ0) is 18.0. The third kappa shape index (κ3) is 3.76. The van der Waals surface area contributed by atoms with Gasteiger partial charge < -0.3 is 0 Å². The van der Waals surface area contributed by atoms with Crippen LogP contribution in [0.4, 0.5) is 0 Å². The van der Waals surface area contributed by atoms with Crippen LogP contribution in [-0.2, 0) is 10.0 Å². The average molecular weight is 374 g/mol. The Bertz CT molecular complexity index is 978. The fraction of sp³-hybridized carbons (Fsp3) is 0.176. The van der Waals surface area contributed by atoms with Crippen molar-refractivity contribution in [3.63, 3.8) is 0 Å². The molecule has 6 nitrogen and oxygen atoms in total. The maximum absolute atomic E-state index is 11.4. The van der Waals surface area contributed by atoms with Crippen molar-refractivity contribution in [3.8, 4) is 17.1 Å². The van der Waals surface area contributed by atoms with E-state index >= 15 is 0 Å². The Labute approximate surface area is 151 Å². The predicted octanol–water partition coefficient (Wildman–Crippen LogP) is 3.00. The van der Waals surface area contributed by atoms with Crippen molar-refractivity contribution in [2.45, 2.75) is 23.9 Å². The van der Waals surface area contributed by atoms with Gasteiger partial charge in [-0.15, -0.1) is 10.2 Å². The Kier molecular flexibility index (Phi) is 4.94. The molecule has 0 fully saturated rings. The third-order valence-corrected chi connectivity index (χ3v) is 5.38. The van der Waals surface area contributed by atoms with Gasteiger partial charge in [-0.05, 0) is 49.1 Å². The van der Waals surface area contributed by atoms with Crippen LogP contribution in [0.25, 0.3) is 17.1 Å². The van der Waals surface area contributed by atoms with Gasteiger partial charge in [0.05, 0.1) is 4.90 Å². The first-order valence-corrected chi connectivity index (χ1v) is 10.2. The third-order valence-electron chi connectivity index (χ3n) is 3.64. The van der Waals surface area contributed by atoms with Crippen LogP contribution < -0.4 is 5.14 Å². The average Bonchev–Trinajstić information content (AvgIpc) is 2.99. The molecular weight excluding hydrogens is 356 g/mol. The molecule has 3 rings (SSSR count). The molecule has 25 heavy (non-hydrogen) atoms. The summed E-state index contributed by atoms with van der Waals surface area (Å²) in [5, 5.41) is 14.5. The summed E-state index contributed by atoms with van der Waals surface area (Å²) in [4.78, 5) is 0.0702. The zero-order valence-corrected chi connectivity index (χ0v) is 15.5. The SMILES string of the molecule is CCSc1nnc(-c2ccc(S(N)(=O)=O)cc2)n1-c1ccc(C)cc1. The van der Waals surface area contributed by atoms with Crippen LogP contribution in [0.2, 0.25) is 0 Å². The van der Waals surface area contributed by atoms with E-state index in [0.29, 0.717) is 5.82 Å². The van der Waals surface area contributed by atoms with Crippen LogP contribution in [-0.4, -0.2) is 28.9 Å². The lowest BCUT2D eigenvalue weighted by Crippen LogP contribution is -2.11. The lowest BCUT2D eigenvalue weighted by atomic mass is 10.2. The topological polar surface area (TPSA) is 90.9 Å². The number of nitrogens with two attached hydrogens (primary N) is 1. The lowest BCUT2D eigenvalue weighted by molar-refractivity contribution is 0.598.